The zero-order valence-electron chi connectivity index (χ0n) is 15.3. The zero-order chi connectivity index (χ0) is 21.0. The number of halogens is 2. The number of aromatic amines is 1. The van der Waals surface area contributed by atoms with Crippen molar-refractivity contribution in [3.63, 3.8) is 0 Å². The molecule has 8 nitrogen and oxygen atoms in total. The Bertz CT molecular complexity index is 1190. The summed E-state index contributed by atoms with van der Waals surface area (Å²) in [6, 6.07) is 5.10. The van der Waals surface area contributed by atoms with Gasteiger partial charge in [-0.05, 0) is 24.6 Å². The number of aromatic nitrogens is 1. The average Bonchev–Trinajstić information content (AvgIpc) is 3.21. The fourth-order valence-corrected chi connectivity index (χ4v) is 8.76. The van der Waals surface area contributed by atoms with Gasteiger partial charge in [-0.25, -0.2) is 16.8 Å². The number of amides is 1. The molecule has 1 aromatic carbocycles. The van der Waals surface area contributed by atoms with Gasteiger partial charge in [-0.15, -0.1) is 0 Å². The van der Waals surface area contributed by atoms with Crippen LogP contribution in [0.3, 0.4) is 0 Å². The summed E-state index contributed by atoms with van der Waals surface area (Å²) in [6.07, 6.45) is 0.122. The molecular formula is C17H19Cl2N3O5S2. The minimum absolute atomic E-state index is 0.0990. The lowest BCUT2D eigenvalue weighted by atomic mass is 10.2. The van der Waals surface area contributed by atoms with Crippen molar-refractivity contribution in [3.8, 4) is 0 Å². The molecule has 1 unspecified atom stereocenters. The second kappa shape index (κ2) is 7.42. The highest BCUT2D eigenvalue weighted by atomic mass is 35.5. The SMILES string of the molecule is O=C(c1[nH]c2ccc(Cl)cc2c1Cl)N1CCN(S(=O)(=O)C2CCS(=O)(=O)C2)CC1. The number of sulfonamides is 1. The fourth-order valence-electron chi connectivity index (χ4n) is 3.79. The van der Waals surface area contributed by atoms with E-state index < -0.39 is 25.1 Å². The molecule has 0 radical (unpaired) electrons. The van der Waals surface area contributed by atoms with E-state index in [0.717, 1.165) is 0 Å². The van der Waals surface area contributed by atoms with Crippen LogP contribution in [0.1, 0.15) is 16.9 Å². The van der Waals surface area contributed by atoms with Crippen LogP contribution in [0, 0.1) is 0 Å². The Morgan fingerprint density at radius 1 is 1.14 bits per heavy atom. The van der Waals surface area contributed by atoms with Crippen LogP contribution in [0.25, 0.3) is 10.9 Å². The van der Waals surface area contributed by atoms with Crippen molar-refractivity contribution >= 4 is 59.9 Å². The third kappa shape index (κ3) is 3.88. The Morgan fingerprint density at radius 2 is 1.83 bits per heavy atom. The van der Waals surface area contributed by atoms with E-state index in [-0.39, 0.29) is 60.7 Å². The molecular weight excluding hydrogens is 461 g/mol. The third-order valence-electron chi connectivity index (χ3n) is 5.41. The maximum atomic E-state index is 12.9. The summed E-state index contributed by atoms with van der Waals surface area (Å²) in [6.45, 7) is 0.635. The molecule has 0 spiro atoms. The van der Waals surface area contributed by atoms with E-state index in [1.807, 2.05) is 0 Å². The Balaban J connectivity index is 1.47. The highest BCUT2D eigenvalue weighted by Gasteiger charge is 2.41. The van der Waals surface area contributed by atoms with Crippen LogP contribution in [0.2, 0.25) is 10.0 Å². The molecule has 29 heavy (non-hydrogen) atoms. The Kier molecular flexibility index (Phi) is 5.35. The van der Waals surface area contributed by atoms with Crippen LogP contribution in [0.5, 0.6) is 0 Å². The van der Waals surface area contributed by atoms with Gasteiger partial charge < -0.3 is 9.88 Å². The van der Waals surface area contributed by atoms with Crippen LogP contribution < -0.4 is 0 Å². The molecule has 2 aliphatic rings. The maximum absolute atomic E-state index is 12.9. The molecule has 2 aliphatic heterocycles. The Labute approximate surface area is 178 Å². The second-order valence-corrected chi connectivity index (χ2v) is 12.5. The van der Waals surface area contributed by atoms with Gasteiger partial charge in [0.2, 0.25) is 10.0 Å². The first-order valence-corrected chi connectivity index (χ1v) is 13.1. The fraction of sp³-hybridized carbons (Fsp3) is 0.471. The van der Waals surface area contributed by atoms with E-state index in [2.05, 4.69) is 4.98 Å². The number of carbonyl (C=O) groups is 1. The van der Waals surface area contributed by atoms with Gasteiger partial charge in [-0.1, -0.05) is 23.2 Å². The molecule has 12 heteroatoms. The maximum Gasteiger partial charge on any atom is 0.271 e. The number of H-pyrrole nitrogens is 1. The van der Waals surface area contributed by atoms with Gasteiger partial charge in [0, 0.05) is 42.1 Å². The van der Waals surface area contributed by atoms with E-state index in [9.17, 15) is 21.6 Å². The number of sulfone groups is 1. The molecule has 2 saturated heterocycles. The van der Waals surface area contributed by atoms with E-state index in [1.165, 1.54) is 9.21 Å². The van der Waals surface area contributed by atoms with Crippen molar-refractivity contribution in [1.29, 1.82) is 0 Å². The van der Waals surface area contributed by atoms with Gasteiger partial charge in [0.05, 0.1) is 21.8 Å². The molecule has 0 bridgehead atoms. The van der Waals surface area contributed by atoms with E-state index >= 15 is 0 Å². The van der Waals surface area contributed by atoms with Crippen molar-refractivity contribution in [2.45, 2.75) is 11.7 Å². The number of rotatable bonds is 3. The number of carbonyl (C=O) groups excluding carboxylic acids is 1. The quantitative estimate of drug-likeness (QED) is 0.721. The molecule has 1 N–H and O–H groups in total. The molecule has 2 aromatic rings. The van der Waals surface area contributed by atoms with Gasteiger partial charge in [0.1, 0.15) is 5.69 Å². The van der Waals surface area contributed by atoms with Gasteiger partial charge in [0.25, 0.3) is 5.91 Å². The molecule has 4 rings (SSSR count). The third-order valence-corrected chi connectivity index (χ3v) is 10.3. The number of piperazine rings is 1. The average molecular weight is 480 g/mol. The van der Waals surface area contributed by atoms with Gasteiger partial charge in [0.15, 0.2) is 9.84 Å². The smallest absolute Gasteiger partial charge is 0.271 e. The largest absolute Gasteiger partial charge is 0.349 e. The normalized spacial score (nSPS) is 23.0. The van der Waals surface area contributed by atoms with Crippen LogP contribution in [0.15, 0.2) is 18.2 Å². The summed E-state index contributed by atoms with van der Waals surface area (Å²) < 4.78 is 50.0. The summed E-state index contributed by atoms with van der Waals surface area (Å²) in [5.74, 6) is -0.747. The monoisotopic (exact) mass is 479 g/mol. The number of benzene rings is 1. The predicted octanol–water partition coefficient (Wildman–Crippen LogP) is 1.75. The number of nitrogens with one attached hydrogen (secondary N) is 1. The molecule has 1 aromatic heterocycles. The Morgan fingerprint density at radius 3 is 2.45 bits per heavy atom. The number of hydrogen-bond acceptors (Lipinski definition) is 5. The van der Waals surface area contributed by atoms with Crippen molar-refractivity contribution in [2.24, 2.45) is 0 Å². The van der Waals surface area contributed by atoms with Gasteiger partial charge in [-0.2, -0.15) is 4.31 Å². The molecule has 158 valence electrons. The molecule has 3 heterocycles. The Hall–Kier alpha value is -1.33. The summed E-state index contributed by atoms with van der Waals surface area (Å²) in [5.41, 5.74) is 0.925. The van der Waals surface area contributed by atoms with E-state index in [1.54, 1.807) is 18.2 Å². The first kappa shape index (κ1) is 20.9. The van der Waals surface area contributed by atoms with Crippen LogP contribution in [0.4, 0.5) is 0 Å². The summed E-state index contributed by atoms with van der Waals surface area (Å²) >= 11 is 12.3. The topological polar surface area (TPSA) is 108 Å². The highest BCUT2D eigenvalue weighted by Crippen LogP contribution is 2.31. The highest BCUT2D eigenvalue weighted by molar-refractivity contribution is 7.95. The first-order chi connectivity index (χ1) is 13.6. The predicted molar refractivity (Wildman–Crippen MR) is 112 cm³/mol. The lowest BCUT2D eigenvalue weighted by Crippen LogP contribution is -2.52. The van der Waals surface area contributed by atoms with Gasteiger partial charge >= 0.3 is 0 Å². The summed E-state index contributed by atoms with van der Waals surface area (Å²) in [7, 11) is -7.01. The number of fused-ring (bicyclic) bond motifs is 1. The molecule has 1 atom stereocenters. The molecule has 0 aliphatic carbocycles. The molecule has 0 saturated carbocycles. The van der Waals surface area contributed by atoms with E-state index in [4.69, 9.17) is 23.2 Å². The first-order valence-electron chi connectivity index (χ1n) is 9.04. The second-order valence-electron chi connectivity index (χ2n) is 7.27. The van der Waals surface area contributed by atoms with Gasteiger partial charge in [-0.3, -0.25) is 4.79 Å². The van der Waals surface area contributed by atoms with Crippen molar-refractivity contribution in [3.05, 3.63) is 33.9 Å². The zero-order valence-corrected chi connectivity index (χ0v) is 18.4. The standard InChI is InChI=1S/C17H19Cl2N3O5S2/c18-11-1-2-14-13(9-11)15(19)16(20-14)17(23)21-4-6-22(7-5-21)29(26,27)12-3-8-28(24,25)10-12/h1-2,9,12,20H,3-8,10H2. The minimum Gasteiger partial charge on any atom is -0.349 e. The lowest BCUT2D eigenvalue weighted by Gasteiger charge is -2.35. The van der Waals surface area contributed by atoms with E-state index in [0.29, 0.717) is 15.9 Å². The summed E-state index contributed by atoms with van der Waals surface area (Å²) in [5, 5.41) is 0.526. The summed E-state index contributed by atoms with van der Waals surface area (Å²) in [4.78, 5) is 17.4. The van der Waals surface area contributed by atoms with Crippen molar-refractivity contribution < 1.29 is 21.6 Å². The molecule has 2 fully saturated rings. The lowest BCUT2D eigenvalue weighted by molar-refractivity contribution is 0.0692. The molecule has 1 amide bonds. The van der Waals surface area contributed by atoms with Crippen LogP contribution in [-0.4, -0.2) is 79.9 Å². The minimum atomic E-state index is -3.71. The van der Waals surface area contributed by atoms with Crippen LogP contribution in [-0.2, 0) is 19.9 Å². The van der Waals surface area contributed by atoms with Crippen molar-refractivity contribution in [2.75, 3.05) is 37.7 Å². The number of nitrogens with zero attached hydrogens (tertiary/aromatic N) is 2. The number of hydrogen-bond donors (Lipinski definition) is 1. The van der Waals surface area contributed by atoms with Crippen molar-refractivity contribution in [1.82, 2.24) is 14.2 Å². The van der Waals surface area contributed by atoms with Crippen LogP contribution >= 0.6 is 23.2 Å².